The van der Waals surface area contributed by atoms with Gasteiger partial charge in [-0.15, -0.1) is 0 Å². The summed E-state index contributed by atoms with van der Waals surface area (Å²) in [6, 6.07) is 6.93. The molecule has 0 radical (unpaired) electrons. The number of carboxylic acid groups (broad SMARTS) is 1. The summed E-state index contributed by atoms with van der Waals surface area (Å²) in [4.78, 5) is 10.7. The Morgan fingerprint density at radius 1 is 1.26 bits per heavy atom. The Morgan fingerprint density at radius 2 is 1.84 bits per heavy atom. The van der Waals surface area contributed by atoms with Crippen LogP contribution in [0.25, 0.3) is 0 Å². The summed E-state index contributed by atoms with van der Waals surface area (Å²) in [5.41, 5.74) is 1.32. The molecule has 0 saturated carbocycles. The number of benzene rings is 1. The number of hydrogen-bond donors (Lipinski definition) is 2. The molecular formula is C13H19NO4S. The van der Waals surface area contributed by atoms with E-state index in [0.29, 0.717) is 11.1 Å². The molecule has 6 heteroatoms. The average molecular weight is 285 g/mol. The maximum Gasteiger partial charge on any atom is 0.307 e. The molecule has 0 aliphatic heterocycles. The molecule has 0 atom stereocenters. The van der Waals surface area contributed by atoms with Crippen molar-refractivity contribution in [2.75, 3.05) is 5.75 Å². The number of carboxylic acids is 1. The number of sulfonamides is 1. The summed E-state index contributed by atoms with van der Waals surface area (Å²) in [7, 11) is -3.32. The summed E-state index contributed by atoms with van der Waals surface area (Å²) < 4.78 is 25.9. The van der Waals surface area contributed by atoms with E-state index >= 15 is 0 Å². The smallest absolute Gasteiger partial charge is 0.307 e. The van der Waals surface area contributed by atoms with Crippen LogP contribution >= 0.6 is 0 Å². The largest absolute Gasteiger partial charge is 0.481 e. The van der Waals surface area contributed by atoms with Gasteiger partial charge in [0.25, 0.3) is 0 Å². The van der Waals surface area contributed by atoms with Gasteiger partial charge in [0.05, 0.1) is 12.2 Å². The number of aliphatic carboxylic acids is 1. The van der Waals surface area contributed by atoms with E-state index in [1.807, 2.05) is 13.8 Å². The van der Waals surface area contributed by atoms with E-state index < -0.39 is 16.0 Å². The second kappa shape index (κ2) is 6.68. The second-order valence-corrected chi connectivity index (χ2v) is 6.69. The Kier molecular flexibility index (Phi) is 5.50. The van der Waals surface area contributed by atoms with Crippen molar-refractivity contribution < 1.29 is 18.3 Å². The van der Waals surface area contributed by atoms with Crippen LogP contribution in [0.4, 0.5) is 0 Å². The normalized spacial score (nSPS) is 11.7. The third-order valence-corrected chi connectivity index (χ3v) is 4.19. The Bertz CT molecular complexity index is 537. The van der Waals surface area contributed by atoms with Crippen molar-refractivity contribution in [1.82, 2.24) is 4.72 Å². The van der Waals surface area contributed by atoms with Crippen molar-refractivity contribution in [2.24, 2.45) is 5.92 Å². The quantitative estimate of drug-likeness (QED) is 0.793. The molecule has 0 aliphatic rings. The molecule has 1 rings (SSSR count). The molecule has 0 aliphatic carbocycles. The zero-order valence-electron chi connectivity index (χ0n) is 11.1. The molecule has 1 aromatic carbocycles. The molecule has 0 spiro atoms. The lowest BCUT2D eigenvalue weighted by molar-refractivity contribution is -0.136. The van der Waals surface area contributed by atoms with Crippen LogP contribution in [0.15, 0.2) is 24.3 Å². The maximum absolute atomic E-state index is 11.7. The first-order chi connectivity index (χ1) is 8.80. The number of carbonyl (C=O) groups is 1. The van der Waals surface area contributed by atoms with Gasteiger partial charge in [-0.25, -0.2) is 13.1 Å². The number of rotatable bonds is 7. The number of nitrogens with one attached hydrogen (secondary N) is 1. The maximum atomic E-state index is 11.7. The third-order valence-electron chi connectivity index (χ3n) is 2.50. The lowest BCUT2D eigenvalue weighted by Gasteiger charge is -2.11. The van der Waals surface area contributed by atoms with Gasteiger partial charge in [0.1, 0.15) is 0 Å². The summed E-state index contributed by atoms with van der Waals surface area (Å²) in [5, 5.41) is 8.80. The highest BCUT2D eigenvalue weighted by Gasteiger charge is 2.13. The molecule has 0 amide bonds. The van der Waals surface area contributed by atoms with Crippen molar-refractivity contribution in [2.45, 2.75) is 26.8 Å². The Labute approximate surface area is 113 Å². The highest BCUT2D eigenvalue weighted by molar-refractivity contribution is 7.89. The summed E-state index contributed by atoms with van der Waals surface area (Å²) in [6.07, 6.45) is -0.109. The molecule has 19 heavy (non-hydrogen) atoms. The Hall–Kier alpha value is -1.40. The fraction of sp³-hybridized carbons (Fsp3) is 0.462. The van der Waals surface area contributed by atoms with Gasteiger partial charge >= 0.3 is 5.97 Å². The molecule has 0 heterocycles. The molecule has 0 bridgehead atoms. The summed E-state index contributed by atoms with van der Waals surface area (Å²) in [6.45, 7) is 3.79. The first-order valence-electron chi connectivity index (χ1n) is 6.06. The average Bonchev–Trinajstić information content (AvgIpc) is 2.25. The van der Waals surface area contributed by atoms with Gasteiger partial charge in [0.15, 0.2) is 0 Å². The molecule has 2 N–H and O–H groups in total. The summed E-state index contributed by atoms with van der Waals surface area (Å²) >= 11 is 0. The number of hydrogen-bond acceptors (Lipinski definition) is 3. The monoisotopic (exact) mass is 285 g/mol. The van der Waals surface area contributed by atoms with E-state index in [2.05, 4.69) is 4.72 Å². The van der Waals surface area contributed by atoms with E-state index in [-0.39, 0.29) is 24.6 Å². The van der Waals surface area contributed by atoms with E-state index in [4.69, 9.17) is 5.11 Å². The zero-order chi connectivity index (χ0) is 14.5. The molecular weight excluding hydrogens is 266 g/mol. The van der Waals surface area contributed by atoms with Crippen LogP contribution in [0, 0.1) is 5.92 Å². The van der Waals surface area contributed by atoms with Gasteiger partial charge in [-0.1, -0.05) is 38.1 Å². The molecule has 0 aromatic heterocycles. The van der Waals surface area contributed by atoms with Crippen LogP contribution in [-0.2, 0) is 27.8 Å². The molecule has 5 nitrogen and oxygen atoms in total. The van der Waals surface area contributed by atoms with E-state index in [9.17, 15) is 13.2 Å². The zero-order valence-corrected chi connectivity index (χ0v) is 11.9. The van der Waals surface area contributed by atoms with Crippen LogP contribution in [0.1, 0.15) is 25.0 Å². The topological polar surface area (TPSA) is 83.5 Å². The van der Waals surface area contributed by atoms with Crippen molar-refractivity contribution >= 4 is 16.0 Å². The van der Waals surface area contributed by atoms with Crippen LogP contribution in [-0.4, -0.2) is 25.2 Å². The van der Waals surface area contributed by atoms with Crippen LogP contribution in [0.3, 0.4) is 0 Å². The highest BCUT2D eigenvalue weighted by Crippen LogP contribution is 2.10. The van der Waals surface area contributed by atoms with E-state index in [1.165, 1.54) is 0 Å². The van der Waals surface area contributed by atoms with Crippen molar-refractivity contribution in [3.63, 3.8) is 0 Å². The van der Waals surface area contributed by atoms with Gasteiger partial charge in [0.2, 0.25) is 10.0 Å². The lowest BCUT2D eigenvalue weighted by atomic mass is 10.1. The van der Waals surface area contributed by atoms with Crippen molar-refractivity contribution in [3.05, 3.63) is 35.4 Å². The van der Waals surface area contributed by atoms with E-state index in [0.717, 1.165) is 0 Å². The van der Waals surface area contributed by atoms with Gasteiger partial charge in [0, 0.05) is 6.54 Å². The van der Waals surface area contributed by atoms with Gasteiger partial charge in [-0.2, -0.15) is 0 Å². The fourth-order valence-corrected chi connectivity index (χ4v) is 3.12. The minimum Gasteiger partial charge on any atom is -0.481 e. The van der Waals surface area contributed by atoms with Crippen molar-refractivity contribution in [3.8, 4) is 0 Å². The Balaban J connectivity index is 2.75. The standard InChI is InChI=1S/C13H19NO4S/c1-10(2)9-19(17,18)14-8-12-6-4-3-5-11(12)7-13(15)16/h3-6,10,14H,7-9H2,1-2H3,(H,15,16). The van der Waals surface area contributed by atoms with Crippen molar-refractivity contribution in [1.29, 1.82) is 0 Å². The first kappa shape index (κ1) is 15.7. The lowest BCUT2D eigenvalue weighted by Crippen LogP contribution is -2.28. The predicted octanol–water partition coefficient (Wildman–Crippen LogP) is 1.39. The molecule has 0 saturated heterocycles. The van der Waals surface area contributed by atoms with Crippen LogP contribution < -0.4 is 4.72 Å². The van der Waals surface area contributed by atoms with E-state index in [1.54, 1.807) is 24.3 Å². The first-order valence-corrected chi connectivity index (χ1v) is 7.71. The second-order valence-electron chi connectivity index (χ2n) is 4.84. The van der Waals surface area contributed by atoms with Crippen LogP contribution in [0.5, 0.6) is 0 Å². The summed E-state index contributed by atoms with van der Waals surface area (Å²) in [5.74, 6) is -0.821. The fourth-order valence-electron chi connectivity index (χ4n) is 1.75. The molecule has 1 aromatic rings. The molecule has 0 fully saturated rings. The Morgan fingerprint density at radius 3 is 2.37 bits per heavy atom. The van der Waals surface area contributed by atoms with Gasteiger partial charge in [-0.3, -0.25) is 4.79 Å². The predicted molar refractivity (Wildman–Crippen MR) is 73.2 cm³/mol. The minimum absolute atomic E-state index is 0.0479. The molecule has 0 unspecified atom stereocenters. The molecule has 106 valence electrons. The van der Waals surface area contributed by atoms with Crippen LogP contribution in [0.2, 0.25) is 0 Å². The van der Waals surface area contributed by atoms with Gasteiger partial charge < -0.3 is 5.11 Å². The SMILES string of the molecule is CC(C)CS(=O)(=O)NCc1ccccc1CC(=O)O. The third kappa shape index (κ3) is 5.85. The highest BCUT2D eigenvalue weighted by atomic mass is 32.2. The van der Waals surface area contributed by atoms with Gasteiger partial charge in [-0.05, 0) is 17.0 Å². The minimum atomic E-state index is -3.32.